The summed E-state index contributed by atoms with van der Waals surface area (Å²) in [6.45, 7) is 11.2. The predicted octanol–water partition coefficient (Wildman–Crippen LogP) is 5.66. The number of rotatable bonds is 9. The van der Waals surface area contributed by atoms with Gasteiger partial charge in [0.05, 0.1) is 5.56 Å². The lowest BCUT2D eigenvalue weighted by Crippen LogP contribution is -2.29. The van der Waals surface area contributed by atoms with E-state index in [9.17, 15) is 9.59 Å². The van der Waals surface area contributed by atoms with Crippen molar-refractivity contribution in [1.29, 1.82) is 0 Å². The number of anilines is 2. The Bertz CT molecular complexity index is 928. The molecule has 5 nitrogen and oxygen atoms in total. The lowest BCUT2D eigenvalue weighted by atomic mass is 9.84. The maximum absolute atomic E-state index is 13.1. The van der Waals surface area contributed by atoms with Gasteiger partial charge in [0.1, 0.15) is 0 Å². The van der Waals surface area contributed by atoms with Crippen LogP contribution in [0, 0.1) is 11.3 Å². The van der Waals surface area contributed by atoms with Gasteiger partial charge in [0.25, 0.3) is 5.91 Å². The lowest BCUT2D eigenvalue weighted by Gasteiger charge is -2.23. The first-order valence-electron chi connectivity index (χ1n) is 12.2. The van der Waals surface area contributed by atoms with Gasteiger partial charge in [-0.15, -0.1) is 0 Å². The van der Waals surface area contributed by atoms with Crippen LogP contribution in [0.4, 0.5) is 11.4 Å². The molecule has 5 heteroatoms. The second kappa shape index (κ2) is 11.4. The van der Waals surface area contributed by atoms with Crippen LogP contribution >= 0.6 is 0 Å². The van der Waals surface area contributed by atoms with Gasteiger partial charge in [0.15, 0.2) is 0 Å². The minimum Gasteiger partial charge on any atom is -0.371 e. The molecule has 0 aromatic heterocycles. The van der Waals surface area contributed by atoms with E-state index in [1.807, 2.05) is 36.4 Å². The topological polar surface area (TPSA) is 61.4 Å². The number of amides is 2. The smallest absolute Gasteiger partial charge is 0.253 e. The van der Waals surface area contributed by atoms with E-state index in [0.29, 0.717) is 30.1 Å². The van der Waals surface area contributed by atoms with Crippen LogP contribution in [0.1, 0.15) is 69.3 Å². The zero-order valence-corrected chi connectivity index (χ0v) is 20.6. The molecule has 1 unspecified atom stereocenters. The van der Waals surface area contributed by atoms with E-state index in [1.165, 1.54) is 5.56 Å². The predicted molar refractivity (Wildman–Crippen MR) is 137 cm³/mol. The van der Waals surface area contributed by atoms with Gasteiger partial charge in [-0.1, -0.05) is 58.0 Å². The molecule has 1 saturated heterocycles. The molecule has 1 atom stereocenters. The average molecular weight is 450 g/mol. The van der Waals surface area contributed by atoms with Gasteiger partial charge in [0.2, 0.25) is 5.91 Å². The van der Waals surface area contributed by atoms with Gasteiger partial charge in [-0.2, -0.15) is 0 Å². The molecule has 0 aliphatic carbocycles. The second-order valence-corrected chi connectivity index (χ2v) is 10.5. The van der Waals surface area contributed by atoms with Crippen LogP contribution in [-0.2, 0) is 11.2 Å². The highest BCUT2D eigenvalue weighted by Gasteiger charge is 2.21. The number of benzene rings is 2. The zero-order chi connectivity index (χ0) is 23.8. The van der Waals surface area contributed by atoms with Crippen LogP contribution in [0.3, 0.4) is 0 Å². The van der Waals surface area contributed by atoms with Gasteiger partial charge >= 0.3 is 0 Å². The van der Waals surface area contributed by atoms with E-state index in [4.69, 9.17) is 0 Å². The number of carbonyl (C=O) groups excluding carboxylic acids is 2. The van der Waals surface area contributed by atoms with E-state index in [-0.39, 0.29) is 17.2 Å². The number of hydrogen-bond acceptors (Lipinski definition) is 3. The molecule has 1 fully saturated rings. The maximum Gasteiger partial charge on any atom is 0.253 e. The van der Waals surface area contributed by atoms with E-state index >= 15 is 0 Å². The van der Waals surface area contributed by atoms with Crippen molar-refractivity contribution in [2.24, 2.45) is 11.3 Å². The van der Waals surface area contributed by atoms with E-state index in [1.54, 1.807) is 0 Å². The largest absolute Gasteiger partial charge is 0.371 e. The molecule has 2 aromatic rings. The number of nitrogens with zero attached hydrogens (tertiary/aromatic N) is 1. The number of carbonyl (C=O) groups is 2. The quantitative estimate of drug-likeness (QED) is 0.519. The van der Waals surface area contributed by atoms with Gasteiger partial charge < -0.3 is 15.5 Å². The molecule has 1 aliphatic heterocycles. The van der Waals surface area contributed by atoms with Crippen molar-refractivity contribution in [3.05, 3.63) is 59.7 Å². The highest BCUT2D eigenvalue weighted by Crippen LogP contribution is 2.29. The molecule has 33 heavy (non-hydrogen) atoms. The van der Waals surface area contributed by atoms with E-state index in [2.05, 4.69) is 55.4 Å². The van der Waals surface area contributed by atoms with Crippen LogP contribution in [0.2, 0.25) is 0 Å². The van der Waals surface area contributed by atoms with Gasteiger partial charge in [-0.3, -0.25) is 9.59 Å². The fraction of sp³-hybridized carbons (Fsp3) is 0.500. The number of hydrogen-bond donors (Lipinski definition) is 2. The average Bonchev–Trinajstić information content (AvgIpc) is 3.27. The SMILES string of the molecule is CC(CC(=O)Nc1ccc(N2CCCC2)c(C(=O)NCCc2ccccc2)c1)CC(C)(C)C. The third-order valence-electron chi connectivity index (χ3n) is 6.01. The Morgan fingerprint density at radius 2 is 1.73 bits per heavy atom. The normalized spacial score (nSPS) is 14.7. The first-order valence-corrected chi connectivity index (χ1v) is 12.2. The van der Waals surface area contributed by atoms with Crippen LogP contribution in [-0.4, -0.2) is 31.4 Å². The minimum atomic E-state index is -0.0926. The Balaban J connectivity index is 1.68. The fourth-order valence-corrected chi connectivity index (χ4v) is 4.74. The molecule has 3 rings (SSSR count). The molecule has 0 saturated carbocycles. The second-order valence-electron chi connectivity index (χ2n) is 10.5. The summed E-state index contributed by atoms with van der Waals surface area (Å²) in [4.78, 5) is 28.0. The van der Waals surface area contributed by atoms with Gasteiger partial charge in [0, 0.05) is 37.4 Å². The Kier molecular flexibility index (Phi) is 8.54. The summed E-state index contributed by atoms with van der Waals surface area (Å²) >= 11 is 0. The van der Waals surface area contributed by atoms with Crippen molar-refractivity contribution in [2.75, 3.05) is 29.9 Å². The van der Waals surface area contributed by atoms with Crippen molar-refractivity contribution < 1.29 is 9.59 Å². The summed E-state index contributed by atoms with van der Waals surface area (Å²) < 4.78 is 0. The molecule has 2 amide bonds. The zero-order valence-electron chi connectivity index (χ0n) is 20.6. The van der Waals surface area contributed by atoms with Crippen molar-refractivity contribution in [3.8, 4) is 0 Å². The third kappa shape index (κ3) is 7.92. The monoisotopic (exact) mass is 449 g/mol. The molecule has 2 aromatic carbocycles. The molecule has 178 valence electrons. The molecular formula is C28H39N3O2. The summed E-state index contributed by atoms with van der Waals surface area (Å²) in [5.41, 5.74) is 3.65. The summed E-state index contributed by atoms with van der Waals surface area (Å²) in [6.07, 6.45) is 4.53. The summed E-state index contributed by atoms with van der Waals surface area (Å²) in [6, 6.07) is 15.9. The summed E-state index contributed by atoms with van der Waals surface area (Å²) in [7, 11) is 0. The Hall–Kier alpha value is -2.82. The first-order chi connectivity index (χ1) is 15.7. The Morgan fingerprint density at radius 3 is 2.39 bits per heavy atom. The molecule has 1 aliphatic rings. The molecular weight excluding hydrogens is 410 g/mol. The van der Waals surface area contributed by atoms with Crippen molar-refractivity contribution in [1.82, 2.24) is 5.32 Å². The molecule has 1 heterocycles. The fourth-order valence-electron chi connectivity index (χ4n) is 4.74. The lowest BCUT2D eigenvalue weighted by molar-refractivity contribution is -0.117. The summed E-state index contributed by atoms with van der Waals surface area (Å²) in [5, 5.41) is 6.09. The van der Waals surface area contributed by atoms with Crippen molar-refractivity contribution >= 4 is 23.2 Å². The molecule has 0 bridgehead atoms. The Labute approximate surface area is 199 Å². The van der Waals surface area contributed by atoms with E-state index in [0.717, 1.165) is 44.5 Å². The number of nitrogens with one attached hydrogen (secondary N) is 2. The van der Waals surface area contributed by atoms with Crippen molar-refractivity contribution in [3.63, 3.8) is 0 Å². The first kappa shape index (κ1) is 24.8. The van der Waals surface area contributed by atoms with Crippen molar-refractivity contribution in [2.45, 2.75) is 59.8 Å². The van der Waals surface area contributed by atoms with Gasteiger partial charge in [-0.25, -0.2) is 0 Å². The molecule has 0 spiro atoms. The van der Waals surface area contributed by atoms with Gasteiger partial charge in [-0.05, 0) is 60.8 Å². The van der Waals surface area contributed by atoms with E-state index < -0.39 is 0 Å². The van der Waals surface area contributed by atoms with Crippen LogP contribution in [0.15, 0.2) is 48.5 Å². The summed E-state index contributed by atoms with van der Waals surface area (Å²) in [5.74, 6) is 0.204. The minimum absolute atomic E-state index is 0.00360. The van der Waals surface area contributed by atoms with Crippen LogP contribution in [0.5, 0.6) is 0 Å². The maximum atomic E-state index is 13.1. The standard InChI is InChI=1S/C28H39N3O2/c1-21(20-28(2,3)4)18-26(32)30-23-12-13-25(31-16-8-9-17-31)24(19-23)27(33)29-15-14-22-10-6-5-7-11-22/h5-7,10-13,19,21H,8-9,14-18,20H2,1-4H3,(H,29,33)(H,30,32). The molecule has 2 N–H and O–H groups in total. The highest BCUT2D eigenvalue weighted by atomic mass is 16.2. The molecule has 0 radical (unpaired) electrons. The van der Waals surface area contributed by atoms with Crippen LogP contribution < -0.4 is 15.5 Å². The Morgan fingerprint density at radius 1 is 1.03 bits per heavy atom. The highest BCUT2D eigenvalue weighted by molar-refractivity contribution is 6.02. The third-order valence-corrected chi connectivity index (χ3v) is 6.01. The van der Waals surface area contributed by atoms with Crippen LogP contribution in [0.25, 0.3) is 0 Å².